The summed E-state index contributed by atoms with van der Waals surface area (Å²) in [6.07, 6.45) is 6.38. The predicted molar refractivity (Wildman–Crippen MR) is 115 cm³/mol. The van der Waals surface area contributed by atoms with Crippen molar-refractivity contribution in [1.29, 1.82) is 0 Å². The number of carbonyl (C=O) groups is 1. The van der Waals surface area contributed by atoms with Gasteiger partial charge < -0.3 is 4.74 Å². The lowest BCUT2D eigenvalue weighted by atomic mass is 9.83. The van der Waals surface area contributed by atoms with E-state index < -0.39 is 0 Å². The first-order valence-corrected chi connectivity index (χ1v) is 11.0. The Morgan fingerprint density at radius 3 is 2.21 bits per heavy atom. The molecule has 0 bridgehead atoms. The quantitative estimate of drug-likeness (QED) is 0.421. The van der Waals surface area contributed by atoms with Crippen LogP contribution in [0.4, 0.5) is 0 Å². The molecule has 1 fully saturated rings. The van der Waals surface area contributed by atoms with Crippen molar-refractivity contribution in [3.05, 3.63) is 87.6 Å². The van der Waals surface area contributed by atoms with Crippen molar-refractivity contribution in [1.82, 2.24) is 0 Å². The van der Waals surface area contributed by atoms with Crippen molar-refractivity contribution in [2.45, 2.75) is 45.1 Å². The Morgan fingerprint density at radius 1 is 0.893 bits per heavy atom. The van der Waals surface area contributed by atoms with Crippen molar-refractivity contribution in [2.75, 3.05) is 0 Å². The zero-order valence-corrected chi connectivity index (χ0v) is 16.9. The van der Waals surface area contributed by atoms with Gasteiger partial charge in [-0.05, 0) is 24.0 Å². The third-order valence-electron chi connectivity index (χ3n) is 5.50. The predicted octanol–water partition coefficient (Wildman–Crippen LogP) is 6.68. The van der Waals surface area contributed by atoms with Crippen LogP contribution in [0, 0.1) is 5.92 Å². The lowest BCUT2D eigenvalue weighted by Crippen LogP contribution is -2.19. The Balaban J connectivity index is 1.60. The summed E-state index contributed by atoms with van der Waals surface area (Å²) in [5.74, 6) is 1.20. The molecule has 1 heterocycles. The van der Waals surface area contributed by atoms with Gasteiger partial charge in [0.1, 0.15) is 12.4 Å². The van der Waals surface area contributed by atoms with E-state index in [1.54, 1.807) is 11.3 Å². The fourth-order valence-corrected chi connectivity index (χ4v) is 4.96. The van der Waals surface area contributed by atoms with Crippen LogP contribution in [0.25, 0.3) is 0 Å². The molecule has 0 amide bonds. The summed E-state index contributed by atoms with van der Waals surface area (Å²) >= 11 is 1.65. The minimum absolute atomic E-state index is 0.150. The molecule has 1 aliphatic rings. The molecular formula is C25H26O2S. The summed E-state index contributed by atoms with van der Waals surface area (Å²) in [6, 6.07) is 20.5. The molecule has 1 aliphatic carbocycles. The zero-order chi connectivity index (χ0) is 19.2. The van der Waals surface area contributed by atoms with Gasteiger partial charge in [0.2, 0.25) is 0 Å². The van der Waals surface area contributed by atoms with Gasteiger partial charge in [-0.1, -0.05) is 79.9 Å². The summed E-state index contributed by atoms with van der Waals surface area (Å²) in [5.41, 5.74) is 3.18. The van der Waals surface area contributed by atoms with E-state index in [0.717, 1.165) is 53.9 Å². The number of thiophene rings is 1. The van der Waals surface area contributed by atoms with E-state index in [9.17, 15) is 4.79 Å². The molecule has 0 N–H and O–H groups in total. The van der Waals surface area contributed by atoms with Crippen LogP contribution in [0.5, 0.6) is 5.75 Å². The van der Waals surface area contributed by atoms with E-state index in [1.807, 2.05) is 29.6 Å². The standard InChI is InChI=1S/C25H26O2S/c26-25(21-14-8-3-9-15-21)24-22(27-17-20-12-6-2-7-13-20)18-28-23(24)16-19-10-4-1-5-11-19/h1-2,4-7,10-13,18,21H,3,8-9,14-17H2. The molecular weight excluding hydrogens is 364 g/mol. The number of rotatable bonds is 7. The van der Waals surface area contributed by atoms with Crippen LogP contribution in [0.15, 0.2) is 66.0 Å². The zero-order valence-electron chi connectivity index (χ0n) is 16.1. The molecule has 3 aromatic rings. The Hall–Kier alpha value is -2.39. The SMILES string of the molecule is O=C(c1c(OCc2ccccc2)csc1Cc1ccccc1)C1CCCCC1. The maximum Gasteiger partial charge on any atom is 0.170 e. The van der Waals surface area contributed by atoms with E-state index >= 15 is 0 Å². The summed E-state index contributed by atoms with van der Waals surface area (Å²) < 4.78 is 6.14. The van der Waals surface area contributed by atoms with Gasteiger partial charge in [-0.15, -0.1) is 11.3 Å². The van der Waals surface area contributed by atoms with Crippen LogP contribution >= 0.6 is 11.3 Å². The van der Waals surface area contributed by atoms with Gasteiger partial charge in [0.05, 0.1) is 5.56 Å². The van der Waals surface area contributed by atoms with Crippen molar-refractivity contribution < 1.29 is 9.53 Å². The van der Waals surface area contributed by atoms with Crippen LogP contribution in [-0.2, 0) is 13.0 Å². The van der Waals surface area contributed by atoms with Crippen LogP contribution in [-0.4, -0.2) is 5.78 Å². The molecule has 2 aromatic carbocycles. The number of benzene rings is 2. The third-order valence-corrected chi connectivity index (χ3v) is 6.47. The smallest absolute Gasteiger partial charge is 0.170 e. The van der Waals surface area contributed by atoms with Crippen LogP contribution in [0.1, 0.15) is 58.5 Å². The summed E-state index contributed by atoms with van der Waals surface area (Å²) in [4.78, 5) is 14.6. The molecule has 0 spiro atoms. The minimum atomic E-state index is 0.150. The number of carbonyl (C=O) groups excluding carboxylic acids is 1. The molecule has 4 rings (SSSR count). The van der Waals surface area contributed by atoms with Crippen molar-refractivity contribution in [3.63, 3.8) is 0 Å². The van der Waals surface area contributed by atoms with E-state index in [0.29, 0.717) is 6.61 Å². The maximum atomic E-state index is 13.4. The fraction of sp³-hybridized carbons (Fsp3) is 0.320. The second-order valence-electron chi connectivity index (χ2n) is 7.53. The average Bonchev–Trinajstić information content (AvgIpc) is 3.16. The van der Waals surface area contributed by atoms with Crippen LogP contribution in [0.3, 0.4) is 0 Å². The van der Waals surface area contributed by atoms with Crippen molar-refractivity contribution in [2.24, 2.45) is 5.92 Å². The number of hydrogen-bond donors (Lipinski definition) is 0. The first kappa shape index (κ1) is 18.9. The first-order valence-electron chi connectivity index (χ1n) is 10.2. The Kier molecular flexibility index (Phi) is 6.23. The van der Waals surface area contributed by atoms with E-state index in [1.165, 1.54) is 12.0 Å². The highest BCUT2D eigenvalue weighted by molar-refractivity contribution is 7.10. The largest absolute Gasteiger partial charge is 0.487 e. The highest BCUT2D eigenvalue weighted by Gasteiger charge is 2.28. The van der Waals surface area contributed by atoms with Gasteiger partial charge in [-0.3, -0.25) is 4.79 Å². The molecule has 28 heavy (non-hydrogen) atoms. The minimum Gasteiger partial charge on any atom is -0.487 e. The van der Waals surface area contributed by atoms with Gasteiger partial charge in [0.15, 0.2) is 5.78 Å². The van der Waals surface area contributed by atoms with E-state index in [-0.39, 0.29) is 11.7 Å². The van der Waals surface area contributed by atoms with Crippen molar-refractivity contribution in [3.8, 4) is 5.75 Å². The highest BCUT2D eigenvalue weighted by Crippen LogP contribution is 2.37. The summed E-state index contributed by atoms with van der Waals surface area (Å²) in [6.45, 7) is 0.493. The Bertz CT molecular complexity index is 893. The van der Waals surface area contributed by atoms with E-state index in [4.69, 9.17) is 4.74 Å². The Labute approximate surface area is 171 Å². The molecule has 3 heteroatoms. The molecule has 0 aliphatic heterocycles. The molecule has 0 saturated heterocycles. The second-order valence-corrected chi connectivity index (χ2v) is 8.50. The van der Waals surface area contributed by atoms with Gasteiger partial charge in [-0.2, -0.15) is 0 Å². The molecule has 144 valence electrons. The highest BCUT2D eigenvalue weighted by atomic mass is 32.1. The van der Waals surface area contributed by atoms with Gasteiger partial charge in [-0.25, -0.2) is 0 Å². The molecule has 2 nitrogen and oxygen atoms in total. The van der Waals surface area contributed by atoms with Crippen LogP contribution in [0.2, 0.25) is 0 Å². The fourth-order valence-electron chi connectivity index (χ4n) is 3.96. The topological polar surface area (TPSA) is 26.3 Å². The molecule has 1 aromatic heterocycles. The molecule has 0 radical (unpaired) electrons. The normalized spacial score (nSPS) is 14.7. The molecule has 0 unspecified atom stereocenters. The van der Waals surface area contributed by atoms with Gasteiger partial charge >= 0.3 is 0 Å². The summed E-state index contributed by atoms with van der Waals surface area (Å²) in [5, 5.41) is 2.03. The average molecular weight is 391 g/mol. The number of ether oxygens (including phenoxy) is 1. The Morgan fingerprint density at radius 2 is 1.54 bits per heavy atom. The maximum absolute atomic E-state index is 13.4. The monoisotopic (exact) mass is 390 g/mol. The molecule has 1 saturated carbocycles. The number of hydrogen-bond acceptors (Lipinski definition) is 3. The second kappa shape index (κ2) is 9.20. The first-order chi connectivity index (χ1) is 13.8. The summed E-state index contributed by atoms with van der Waals surface area (Å²) in [7, 11) is 0. The number of Topliss-reactive ketones (excluding diaryl/α,β-unsaturated/α-hetero) is 1. The van der Waals surface area contributed by atoms with Crippen LogP contribution < -0.4 is 4.74 Å². The lowest BCUT2D eigenvalue weighted by molar-refractivity contribution is 0.0885. The van der Waals surface area contributed by atoms with Gasteiger partial charge in [0.25, 0.3) is 0 Å². The molecule has 0 atom stereocenters. The number of ketones is 1. The van der Waals surface area contributed by atoms with Gasteiger partial charge in [0, 0.05) is 22.6 Å². The van der Waals surface area contributed by atoms with E-state index in [2.05, 4.69) is 36.4 Å². The lowest BCUT2D eigenvalue weighted by Gasteiger charge is -2.21. The van der Waals surface area contributed by atoms with Crippen molar-refractivity contribution >= 4 is 17.1 Å². The third kappa shape index (κ3) is 4.53.